The number of carboxylic acid groups (broad SMARTS) is 1. The summed E-state index contributed by atoms with van der Waals surface area (Å²) >= 11 is 3.44. The zero-order valence-electron chi connectivity index (χ0n) is 13.1. The van der Waals surface area contributed by atoms with Crippen LogP contribution in [0.25, 0.3) is 22.2 Å². The van der Waals surface area contributed by atoms with Crippen LogP contribution in [0.4, 0.5) is 0 Å². The SMILES string of the molecule is Cc1ccc(-c2nc3c(C)cc(Br)cc3c(C(=O)O)c2C)cc1. The molecular weight excluding hydrogens is 354 g/mol. The number of pyridine rings is 1. The third-order valence-electron chi connectivity index (χ3n) is 4.03. The van der Waals surface area contributed by atoms with Crippen LogP contribution in [0, 0.1) is 20.8 Å². The number of hydrogen-bond acceptors (Lipinski definition) is 2. The molecule has 3 aromatic rings. The average Bonchev–Trinajstić information content (AvgIpc) is 2.47. The van der Waals surface area contributed by atoms with Gasteiger partial charge in [-0.3, -0.25) is 0 Å². The van der Waals surface area contributed by atoms with Crippen LogP contribution in [0.2, 0.25) is 0 Å². The second-order valence-corrected chi connectivity index (χ2v) is 6.67. The van der Waals surface area contributed by atoms with Gasteiger partial charge in [0.05, 0.1) is 16.8 Å². The van der Waals surface area contributed by atoms with Crippen LogP contribution < -0.4 is 0 Å². The van der Waals surface area contributed by atoms with E-state index >= 15 is 0 Å². The molecule has 0 unspecified atom stereocenters. The first-order valence-corrected chi connectivity index (χ1v) is 8.08. The molecule has 0 aliphatic rings. The minimum atomic E-state index is -0.930. The summed E-state index contributed by atoms with van der Waals surface area (Å²) in [6, 6.07) is 11.8. The lowest BCUT2D eigenvalue weighted by atomic mass is 9.96. The average molecular weight is 370 g/mol. The van der Waals surface area contributed by atoms with Crippen molar-refractivity contribution in [3.63, 3.8) is 0 Å². The number of aromatic carboxylic acids is 1. The third kappa shape index (κ3) is 2.75. The molecular formula is C19H16BrNO2. The van der Waals surface area contributed by atoms with Crippen LogP contribution in [0.15, 0.2) is 40.9 Å². The summed E-state index contributed by atoms with van der Waals surface area (Å²) in [4.78, 5) is 16.6. The molecule has 4 heteroatoms. The van der Waals surface area contributed by atoms with Gasteiger partial charge in [0.15, 0.2) is 0 Å². The molecule has 23 heavy (non-hydrogen) atoms. The van der Waals surface area contributed by atoms with Crippen molar-refractivity contribution in [2.75, 3.05) is 0 Å². The Hall–Kier alpha value is -2.20. The Morgan fingerprint density at radius 2 is 1.74 bits per heavy atom. The normalized spacial score (nSPS) is 11.0. The minimum absolute atomic E-state index is 0.315. The summed E-state index contributed by atoms with van der Waals surface area (Å²) in [5.74, 6) is -0.930. The fraction of sp³-hybridized carbons (Fsp3) is 0.158. The molecule has 0 bridgehead atoms. The van der Waals surface area contributed by atoms with Gasteiger partial charge < -0.3 is 5.11 Å². The van der Waals surface area contributed by atoms with Gasteiger partial charge in [-0.15, -0.1) is 0 Å². The zero-order valence-corrected chi connectivity index (χ0v) is 14.7. The van der Waals surface area contributed by atoms with Crippen LogP contribution in [0.3, 0.4) is 0 Å². The summed E-state index contributed by atoms with van der Waals surface area (Å²) in [7, 11) is 0. The van der Waals surface area contributed by atoms with Crippen molar-refractivity contribution in [1.82, 2.24) is 4.98 Å². The van der Waals surface area contributed by atoms with Gasteiger partial charge in [-0.2, -0.15) is 0 Å². The van der Waals surface area contributed by atoms with Crippen LogP contribution in [-0.4, -0.2) is 16.1 Å². The Kier molecular flexibility index (Phi) is 3.94. The van der Waals surface area contributed by atoms with Gasteiger partial charge in [0.1, 0.15) is 0 Å². The Morgan fingerprint density at radius 3 is 2.35 bits per heavy atom. The molecule has 1 heterocycles. The van der Waals surface area contributed by atoms with E-state index in [2.05, 4.69) is 15.9 Å². The first kappa shape index (κ1) is 15.7. The fourth-order valence-electron chi connectivity index (χ4n) is 2.86. The molecule has 0 spiro atoms. The van der Waals surface area contributed by atoms with E-state index in [1.54, 1.807) is 0 Å². The first-order valence-electron chi connectivity index (χ1n) is 7.29. The summed E-state index contributed by atoms with van der Waals surface area (Å²) < 4.78 is 0.856. The number of nitrogens with zero attached hydrogens (tertiary/aromatic N) is 1. The third-order valence-corrected chi connectivity index (χ3v) is 4.49. The van der Waals surface area contributed by atoms with Crippen LogP contribution >= 0.6 is 15.9 Å². The molecule has 0 aliphatic carbocycles. The van der Waals surface area contributed by atoms with E-state index in [4.69, 9.17) is 4.98 Å². The molecule has 0 fully saturated rings. The predicted molar refractivity (Wildman–Crippen MR) is 96.0 cm³/mol. The van der Waals surface area contributed by atoms with Crippen LogP contribution in [-0.2, 0) is 0 Å². The van der Waals surface area contributed by atoms with Gasteiger partial charge >= 0.3 is 5.97 Å². The number of halogens is 1. The van der Waals surface area contributed by atoms with Crippen molar-refractivity contribution in [1.29, 1.82) is 0 Å². The second kappa shape index (κ2) is 5.78. The molecule has 116 valence electrons. The number of aromatic nitrogens is 1. The van der Waals surface area contributed by atoms with Crippen LogP contribution in [0.5, 0.6) is 0 Å². The lowest BCUT2D eigenvalue weighted by Gasteiger charge is -2.14. The standard InChI is InChI=1S/C19H16BrNO2/c1-10-4-6-13(7-5-10)18-12(3)16(19(22)23)15-9-14(20)8-11(2)17(15)21-18/h4-9H,1-3H3,(H,22,23). The highest BCUT2D eigenvalue weighted by molar-refractivity contribution is 9.10. The predicted octanol–water partition coefficient (Wildman–Crippen LogP) is 5.29. The number of hydrogen-bond donors (Lipinski definition) is 1. The number of rotatable bonds is 2. The molecule has 3 nitrogen and oxygen atoms in total. The quantitative estimate of drug-likeness (QED) is 0.667. The Balaban J connectivity index is 2.42. The lowest BCUT2D eigenvalue weighted by molar-refractivity contribution is 0.0698. The van der Waals surface area contributed by atoms with E-state index in [0.717, 1.165) is 32.4 Å². The van der Waals surface area contributed by atoms with Gasteiger partial charge in [-0.25, -0.2) is 9.78 Å². The fourth-order valence-corrected chi connectivity index (χ4v) is 3.43. The van der Waals surface area contributed by atoms with Gasteiger partial charge in [-0.1, -0.05) is 45.8 Å². The number of benzene rings is 2. The molecule has 3 rings (SSSR count). The van der Waals surface area contributed by atoms with Crippen LogP contribution in [0.1, 0.15) is 27.0 Å². The van der Waals surface area contributed by atoms with Crippen molar-refractivity contribution in [3.8, 4) is 11.3 Å². The Bertz CT molecular complexity index is 930. The molecule has 1 N–H and O–H groups in total. The zero-order chi connectivity index (χ0) is 16.7. The molecule has 2 aromatic carbocycles. The number of fused-ring (bicyclic) bond motifs is 1. The molecule has 0 saturated carbocycles. The van der Waals surface area contributed by atoms with Crippen molar-refractivity contribution in [3.05, 3.63) is 63.1 Å². The van der Waals surface area contributed by atoms with E-state index < -0.39 is 5.97 Å². The van der Waals surface area contributed by atoms with Crippen molar-refractivity contribution >= 4 is 32.8 Å². The topological polar surface area (TPSA) is 50.2 Å². The van der Waals surface area contributed by atoms with Gasteiger partial charge in [0.2, 0.25) is 0 Å². The molecule has 0 saturated heterocycles. The summed E-state index contributed by atoms with van der Waals surface area (Å²) in [6.07, 6.45) is 0. The van der Waals surface area contributed by atoms with Gasteiger partial charge in [0.25, 0.3) is 0 Å². The van der Waals surface area contributed by atoms with E-state index in [1.807, 2.05) is 57.2 Å². The second-order valence-electron chi connectivity index (χ2n) is 5.75. The highest BCUT2D eigenvalue weighted by Gasteiger charge is 2.19. The van der Waals surface area contributed by atoms with Gasteiger partial charge in [0, 0.05) is 15.4 Å². The maximum atomic E-state index is 11.9. The minimum Gasteiger partial charge on any atom is -0.478 e. The summed E-state index contributed by atoms with van der Waals surface area (Å²) in [5.41, 5.74) is 5.49. The number of carboxylic acids is 1. The molecule has 0 amide bonds. The van der Waals surface area contributed by atoms with E-state index in [1.165, 1.54) is 0 Å². The Labute approximate surface area is 143 Å². The summed E-state index contributed by atoms with van der Waals surface area (Å²) in [6.45, 7) is 5.79. The highest BCUT2D eigenvalue weighted by Crippen LogP contribution is 2.33. The van der Waals surface area contributed by atoms with E-state index in [0.29, 0.717) is 16.5 Å². The van der Waals surface area contributed by atoms with E-state index in [9.17, 15) is 9.90 Å². The van der Waals surface area contributed by atoms with Crippen molar-refractivity contribution in [2.45, 2.75) is 20.8 Å². The van der Waals surface area contributed by atoms with Gasteiger partial charge in [-0.05, 0) is 44.0 Å². The molecule has 0 aliphatic heterocycles. The van der Waals surface area contributed by atoms with Crippen molar-refractivity contribution < 1.29 is 9.90 Å². The maximum absolute atomic E-state index is 11.9. The Morgan fingerprint density at radius 1 is 1.09 bits per heavy atom. The maximum Gasteiger partial charge on any atom is 0.336 e. The lowest BCUT2D eigenvalue weighted by Crippen LogP contribution is -2.05. The highest BCUT2D eigenvalue weighted by atomic mass is 79.9. The molecule has 0 atom stereocenters. The first-order chi connectivity index (χ1) is 10.9. The number of carbonyl (C=O) groups is 1. The molecule has 1 aromatic heterocycles. The monoisotopic (exact) mass is 369 g/mol. The largest absolute Gasteiger partial charge is 0.478 e. The number of aryl methyl sites for hydroxylation is 2. The summed E-state index contributed by atoms with van der Waals surface area (Å²) in [5, 5.41) is 10.4. The van der Waals surface area contributed by atoms with E-state index in [-0.39, 0.29) is 0 Å². The smallest absolute Gasteiger partial charge is 0.336 e. The van der Waals surface area contributed by atoms with Crippen molar-refractivity contribution in [2.24, 2.45) is 0 Å². The molecule has 0 radical (unpaired) electrons.